The zero-order valence-corrected chi connectivity index (χ0v) is 21.2. The summed E-state index contributed by atoms with van der Waals surface area (Å²) in [5, 5.41) is 0.729. The first-order valence-electron chi connectivity index (χ1n) is 11.2. The van der Waals surface area contributed by atoms with Gasteiger partial charge in [-0.1, -0.05) is 45.7 Å². The van der Waals surface area contributed by atoms with Crippen LogP contribution in [0.3, 0.4) is 0 Å². The second-order valence-electron chi connectivity index (χ2n) is 8.75. The van der Waals surface area contributed by atoms with Gasteiger partial charge < -0.3 is 18.9 Å². The Kier molecular flexibility index (Phi) is 5.81. The molecule has 0 radical (unpaired) electrons. The van der Waals surface area contributed by atoms with Gasteiger partial charge >= 0.3 is 0 Å². The fraction of sp³-hybridized carbons (Fsp3) is 0.222. The molecule has 0 fully saturated rings. The van der Waals surface area contributed by atoms with E-state index in [1.807, 2.05) is 49.4 Å². The standard InChI is InChI=1S/C27H21BrClNO5/c1-15-25-18(11-30(13-33-25)10-16-4-2-3-5-22(16)29)8-21-24(31)23(35-26(15)21)9-17-6-20(28)7-19-12-32-14-34-27(17)19/h2-9H,10-14H2,1H3/b23-9-. The summed E-state index contributed by atoms with van der Waals surface area (Å²) in [6.07, 6.45) is 1.74. The van der Waals surface area contributed by atoms with Crippen LogP contribution in [0.2, 0.25) is 5.02 Å². The minimum Gasteiger partial charge on any atom is -0.477 e. The molecule has 3 aliphatic heterocycles. The van der Waals surface area contributed by atoms with Crippen molar-refractivity contribution in [3.63, 3.8) is 0 Å². The van der Waals surface area contributed by atoms with Crippen LogP contribution in [-0.2, 0) is 24.4 Å². The van der Waals surface area contributed by atoms with E-state index in [2.05, 4.69) is 20.8 Å². The minimum absolute atomic E-state index is 0.157. The zero-order chi connectivity index (χ0) is 24.1. The van der Waals surface area contributed by atoms with Gasteiger partial charge in [-0.05, 0) is 42.8 Å². The molecule has 0 amide bonds. The molecule has 178 valence electrons. The normalized spacial score (nSPS) is 17.8. The third kappa shape index (κ3) is 4.12. The van der Waals surface area contributed by atoms with Crippen LogP contribution < -0.4 is 14.2 Å². The van der Waals surface area contributed by atoms with Gasteiger partial charge in [0.15, 0.2) is 12.6 Å². The van der Waals surface area contributed by atoms with Gasteiger partial charge in [0.1, 0.15) is 24.0 Å². The number of nitrogens with zero attached hydrogens (tertiary/aromatic N) is 1. The number of benzene rings is 3. The molecule has 6 nitrogen and oxygen atoms in total. The Bertz CT molecular complexity index is 1400. The van der Waals surface area contributed by atoms with Crippen LogP contribution in [0.15, 0.2) is 52.7 Å². The summed E-state index contributed by atoms with van der Waals surface area (Å²) in [6.45, 7) is 4.29. The van der Waals surface area contributed by atoms with Crippen LogP contribution in [0.1, 0.15) is 38.2 Å². The number of Topliss-reactive ketones (excluding diaryl/α,β-unsaturated/α-hetero) is 1. The summed E-state index contributed by atoms with van der Waals surface area (Å²) in [7, 11) is 0. The van der Waals surface area contributed by atoms with Crippen LogP contribution >= 0.6 is 27.5 Å². The van der Waals surface area contributed by atoms with E-state index >= 15 is 0 Å². The number of fused-ring (bicyclic) bond motifs is 3. The Morgan fingerprint density at radius 3 is 2.80 bits per heavy atom. The van der Waals surface area contributed by atoms with Gasteiger partial charge in [-0.15, -0.1) is 0 Å². The molecular formula is C27H21BrClNO5. The van der Waals surface area contributed by atoms with E-state index in [1.165, 1.54) is 0 Å². The maximum Gasteiger partial charge on any atom is 0.231 e. The van der Waals surface area contributed by atoms with Crippen LogP contribution in [0.25, 0.3) is 6.08 Å². The van der Waals surface area contributed by atoms with E-state index in [0.29, 0.717) is 43.5 Å². The molecule has 0 bridgehead atoms. The molecular weight excluding hydrogens is 534 g/mol. The molecule has 3 aromatic rings. The molecule has 0 unspecified atom stereocenters. The number of hydrogen-bond acceptors (Lipinski definition) is 6. The molecule has 0 atom stereocenters. The van der Waals surface area contributed by atoms with Crippen molar-refractivity contribution in [3.8, 4) is 17.2 Å². The van der Waals surface area contributed by atoms with Crippen LogP contribution in [0, 0.1) is 6.92 Å². The van der Waals surface area contributed by atoms with Crippen LogP contribution in [-0.4, -0.2) is 24.2 Å². The van der Waals surface area contributed by atoms with E-state index in [4.69, 9.17) is 30.5 Å². The van der Waals surface area contributed by atoms with Crippen LogP contribution in [0.4, 0.5) is 0 Å². The Morgan fingerprint density at radius 2 is 1.94 bits per heavy atom. The quantitative estimate of drug-likeness (QED) is 0.357. The first kappa shape index (κ1) is 22.6. The number of allylic oxidation sites excluding steroid dienone is 1. The predicted molar refractivity (Wildman–Crippen MR) is 135 cm³/mol. The van der Waals surface area contributed by atoms with Crippen molar-refractivity contribution in [1.29, 1.82) is 0 Å². The molecule has 35 heavy (non-hydrogen) atoms. The fourth-order valence-electron chi connectivity index (χ4n) is 4.72. The number of carbonyl (C=O) groups is 1. The largest absolute Gasteiger partial charge is 0.477 e. The molecule has 0 spiro atoms. The van der Waals surface area contributed by atoms with Crippen molar-refractivity contribution >= 4 is 39.4 Å². The van der Waals surface area contributed by atoms with E-state index in [1.54, 1.807) is 6.08 Å². The Morgan fingerprint density at radius 1 is 1.09 bits per heavy atom. The summed E-state index contributed by atoms with van der Waals surface area (Å²) >= 11 is 9.88. The maximum atomic E-state index is 13.4. The lowest BCUT2D eigenvalue weighted by molar-refractivity contribution is -0.0165. The summed E-state index contributed by atoms with van der Waals surface area (Å²) in [5.74, 6) is 2.12. The van der Waals surface area contributed by atoms with Crippen molar-refractivity contribution in [2.45, 2.75) is 26.6 Å². The lowest BCUT2D eigenvalue weighted by atomic mass is 9.99. The lowest BCUT2D eigenvalue weighted by Crippen LogP contribution is -2.32. The molecule has 3 aliphatic rings. The number of rotatable bonds is 3. The minimum atomic E-state index is -0.157. The third-order valence-electron chi connectivity index (χ3n) is 6.34. The number of hydrogen-bond donors (Lipinski definition) is 0. The monoisotopic (exact) mass is 553 g/mol. The Balaban J connectivity index is 1.31. The van der Waals surface area contributed by atoms with Crippen molar-refractivity contribution in [2.75, 3.05) is 13.5 Å². The first-order chi connectivity index (χ1) is 17.0. The summed E-state index contributed by atoms with van der Waals surface area (Å²) < 4.78 is 24.2. The predicted octanol–water partition coefficient (Wildman–Crippen LogP) is 6.25. The molecule has 0 saturated heterocycles. The second kappa shape index (κ2) is 8.99. The second-order valence-corrected chi connectivity index (χ2v) is 10.1. The van der Waals surface area contributed by atoms with E-state index in [-0.39, 0.29) is 18.3 Å². The van der Waals surface area contributed by atoms with Crippen molar-refractivity contribution in [1.82, 2.24) is 4.90 Å². The molecule has 3 heterocycles. The first-order valence-corrected chi connectivity index (χ1v) is 12.4. The smallest absolute Gasteiger partial charge is 0.231 e. The van der Waals surface area contributed by atoms with Gasteiger partial charge in [-0.2, -0.15) is 0 Å². The average Bonchev–Trinajstić information content (AvgIpc) is 3.16. The van der Waals surface area contributed by atoms with Gasteiger partial charge in [-0.3, -0.25) is 9.69 Å². The fourth-order valence-corrected chi connectivity index (χ4v) is 5.44. The van der Waals surface area contributed by atoms with Gasteiger partial charge in [0.2, 0.25) is 5.78 Å². The van der Waals surface area contributed by atoms with Crippen molar-refractivity contribution in [3.05, 3.63) is 91.1 Å². The van der Waals surface area contributed by atoms with E-state index in [9.17, 15) is 4.79 Å². The summed E-state index contributed by atoms with van der Waals surface area (Å²) in [4.78, 5) is 15.5. The highest BCUT2D eigenvalue weighted by molar-refractivity contribution is 9.10. The average molecular weight is 555 g/mol. The van der Waals surface area contributed by atoms with Crippen molar-refractivity contribution < 1.29 is 23.7 Å². The van der Waals surface area contributed by atoms with E-state index < -0.39 is 0 Å². The van der Waals surface area contributed by atoms with Gasteiger partial charge in [0.05, 0.1) is 12.2 Å². The van der Waals surface area contributed by atoms with Gasteiger partial charge in [-0.25, -0.2) is 0 Å². The molecule has 0 aromatic heterocycles. The molecule has 0 N–H and O–H groups in total. The lowest BCUT2D eigenvalue weighted by Gasteiger charge is -2.30. The van der Waals surface area contributed by atoms with E-state index in [0.717, 1.165) is 43.1 Å². The summed E-state index contributed by atoms with van der Waals surface area (Å²) in [6, 6.07) is 13.5. The summed E-state index contributed by atoms with van der Waals surface area (Å²) in [5.41, 5.74) is 5.04. The molecule has 0 aliphatic carbocycles. The SMILES string of the molecule is Cc1c2c(cc3c1O/C(=C\c1cc(Br)cc4c1OCOC4)C3=O)CN(Cc1ccccc1Cl)CO2. The highest BCUT2D eigenvalue weighted by atomic mass is 79.9. The zero-order valence-electron chi connectivity index (χ0n) is 18.9. The molecule has 6 rings (SSSR count). The molecule has 8 heteroatoms. The highest BCUT2D eigenvalue weighted by Gasteiger charge is 2.34. The Labute approximate surface area is 216 Å². The topological polar surface area (TPSA) is 57.2 Å². The maximum absolute atomic E-state index is 13.4. The van der Waals surface area contributed by atoms with Gasteiger partial charge in [0.25, 0.3) is 0 Å². The number of carbonyl (C=O) groups excluding carboxylic acids is 1. The van der Waals surface area contributed by atoms with Crippen LogP contribution in [0.5, 0.6) is 17.2 Å². The number of halogens is 2. The Hall–Kier alpha value is -2.84. The highest BCUT2D eigenvalue weighted by Crippen LogP contribution is 2.44. The number of ketones is 1. The third-order valence-corrected chi connectivity index (χ3v) is 7.17. The molecule has 0 saturated carbocycles. The molecule has 3 aromatic carbocycles. The van der Waals surface area contributed by atoms with Crippen molar-refractivity contribution in [2.24, 2.45) is 0 Å². The number of ether oxygens (including phenoxy) is 4. The van der Waals surface area contributed by atoms with Gasteiger partial charge in [0, 0.05) is 44.8 Å².